The summed E-state index contributed by atoms with van der Waals surface area (Å²) in [5, 5.41) is 2.66. The van der Waals surface area contributed by atoms with Crippen molar-refractivity contribution in [2.24, 2.45) is 11.8 Å². The summed E-state index contributed by atoms with van der Waals surface area (Å²) >= 11 is 0. The number of benzene rings is 1. The van der Waals surface area contributed by atoms with Crippen LogP contribution in [0.3, 0.4) is 0 Å². The van der Waals surface area contributed by atoms with Crippen molar-refractivity contribution < 1.29 is 23.9 Å². The quantitative estimate of drug-likeness (QED) is 0.606. The van der Waals surface area contributed by atoms with E-state index in [9.17, 15) is 19.2 Å². The molecule has 3 amide bonds. The van der Waals surface area contributed by atoms with Gasteiger partial charge in [0, 0.05) is 5.69 Å². The zero-order valence-electron chi connectivity index (χ0n) is 17.2. The summed E-state index contributed by atoms with van der Waals surface area (Å²) in [6, 6.07) is 7.46. The smallest absolute Gasteiger partial charge is 0.326 e. The summed E-state index contributed by atoms with van der Waals surface area (Å²) < 4.78 is 4.97. The second-order valence-corrected chi connectivity index (χ2v) is 8.80. The molecular weight excluding hydrogens is 372 g/mol. The summed E-state index contributed by atoms with van der Waals surface area (Å²) in [4.78, 5) is 49.8. The van der Waals surface area contributed by atoms with Crippen LogP contribution in [0.15, 0.2) is 24.3 Å². The number of carbonyl (C=O) groups is 4. The van der Waals surface area contributed by atoms with Crippen LogP contribution in [0, 0.1) is 11.8 Å². The highest BCUT2D eigenvalue weighted by Gasteiger charge is 2.48. The molecule has 1 aromatic carbocycles. The molecule has 1 aliphatic carbocycles. The maximum absolute atomic E-state index is 12.4. The van der Waals surface area contributed by atoms with E-state index in [-0.39, 0.29) is 29.1 Å². The van der Waals surface area contributed by atoms with E-state index in [0.717, 1.165) is 23.3 Å². The van der Waals surface area contributed by atoms with E-state index in [4.69, 9.17) is 4.74 Å². The van der Waals surface area contributed by atoms with Gasteiger partial charge in [0.2, 0.25) is 11.8 Å². The molecule has 1 aromatic rings. The fourth-order valence-corrected chi connectivity index (χ4v) is 3.96. The largest absolute Gasteiger partial charge is 0.454 e. The van der Waals surface area contributed by atoms with Crippen LogP contribution >= 0.6 is 0 Å². The fourth-order valence-electron chi connectivity index (χ4n) is 3.96. The van der Waals surface area contributed by atoms with Crippen LogP contribution in [0.25, 0.3) is 0 Å². The highest BCUT2D eigenvalue weighted by Crippen LogP contribution is 2.37. The Morgan fingerprint density at radius 1 is 1.03 bits per heavy atom. The number of hydrogen-bond donors (Lipinski definition) is 1. The van der Waals surface area contributed by atoms with Gasteiger partial charge in [0.15, 0.2) is 6.61 Å². The van der Waals surface area contributed by atoms with Crippen molar-refractivity contribution >= 4 is 29.4 Å². The van der Waals surface area contributed by atoms with Gasteiger partial charge >= 0.3 is 5.97 Å². The first-order chi connectivity index (χ1) is 13.7. The van der Waals surface area contributed by atoms with Gasteiger partial charge in [-0.1, -0.05) is 45.7 Å². The molecule has 7 nitrogen and oxygen atoms in total. The van der Waals surface area contributed by atoms with Crippen molar-refractivity contribution in [3.8, 4) is 0 Å². The SMILES string of the molecule is CC(C)(C)c1ccc(NC(=O)COC(=O)CN2C(=O)[C@H]3CCCC[C@H]3C2=O)cc1. The number of esters is 1. The van der Waals surface area contributed by atoms with E-state index < -0.39 is 25.0 Å². The lowest BCUT2D eigenvalue weighted by atomic mass is 9.81. The first-order valence-electron chi connectivity index (χ1n) is 10.1. The highest BCUT2D eigenvalue weighted by molar-refractivity contribution is 6.07. The summed E-state index contributed by atoms with van der Waals surface area (Å²) in [6.45, 7) is 5.40. The van der Waals surface area contributed by atoms with Gasteiger partial charge in [-0.3, -0.25) is 24.1 Å². The number of nitrogens with zero attached hydrogens (tertiary/aromatic N) is 1. The predicted molar refractivity (Wildman–Crippen MR) is 107 cm³/mol. The Labute approximate surface area is 170 Å². The van der Waals surface area contributed by atoms with E-state index in [0.29, 0.717) is 18.5 Å². The van der Waals surface area contributed by atoms with Crippen LogP contribution in [0.5, 0.6) is 0 Å². The monoisotopic (exact) mass is 400 g/mol. The average molecular weight is 400 g/mol. The number of imide groups is 1. The number of nitrogens with one attached hydrogen (secondary N) is 1. The molecule has 7 heteroatoms. The minimum absolute atomic E-state index is 0.0139. The Hall–Kier alpha value is -2.70. The molecule has 29 heavy (non-hydrogen) atoms. The molecule has 1 saturated heterocycles. The maximum atomic E-state index is 12.4. The third-order valence-electron chi connectivity index (χ3n) is 5.62. The molecule has 156 valence electrons. The zero-order valence-corrected chi connectivity index (χ0v) is 17.2. The average Bonchev–Trinajstić information content (AvgIpc) is 2.91. The molecule has 2 aliphatic rings. The topological polar surface area (TPSA) is 92.8 Å². The van der Waals surface area contributed by atoms with Crippen LogP contribution in [-0.4, -0.2) is 41.7 Å². The number of carbonyl (C=O) groups excluding carboxylic acids is 4. The molecule has 2 atom stereocenters. The van der Waals surface area contributed by atoms with Crippen LogP contribution in [0.2, 0.25) is 0 Å². The molecule has 1 aliphatic heterocycles. The second kappa shape index (κ2) is 8.35. The Morgan fingerprint density at radius 3 is 2.10 bits per heavy atom. The number of amides is 3. The summed E-state index contributed by atoms with van der Waals surface area (Å²) in [5.74, 6) is -2.43. The third kappa shape index (κ3) is 4.83. The van der Waals surface area contributed by atoms with Crippen molar-refractivity contribution in [2.75, 3.05) is 18.5 Å². The molecule has 0 unspecified atom stereocenters. The lowest BCUT2D eigenvalue weighted by Crippen LogP contribution is -2.37. The van der Waals surface area contributed by atoms with Gasteiger partial charge < -0.3 is 10.1 Å². The zero-order chi connectivity index (χ0) is 21.2. The van der Waals surface area contributed by atoms with Gasteiger partial charge in [-0.05, 0) is 36.0 Å². The Balaban J connectivity index is 1.47. The molecule has 3 rings (SSSR count). The first kappa shape index (κ1) is 21.0. The second-order valence-electron chi connectivity index (χ2n) is 8.80. The molecule has 1 heterocycles. The van der Waals surface area contributed by atoms with Crippen molar-refractivity contribution in [1.29, 1.82) is 0 Å². The third-order valence-corrected chi connectivity index (χ3v) is 5.62. The number of ether oxygens (including phenoxy) is 1. The number of anilines is 1. The van der Waals surface area contributed by atoms with Gasteiger partial charge in [0.05, 0.1) is 11.8 Å². The van der Waals surface area contributed by atoms with Crippen LogP contribution < -0.4 is 5.32 Å². The lowest BCUT2D eigenvalue weighted by molar-refractivity contribution is -0.154. The predicted octanol–water partition coefficient (Wildman–Crippen LogP) is 2.64. The van der Waals surface area contributed by atoms with Crippen molar-refractivity contribution in [2.45, 2.75) is 51.9 Å². The molecule has 0 spiro atoms. The number of fused-ring (bicyclic) bond motifs is 1. The van der Waals surface area contributed by atoms with Gasteiger partial charge in [-0.15, -0.1) is 0 Å². The van der Waals surface area contributed by atoms with Gasteiger partial charge in [-0.25, -0.2) is 0 Å². The van der Waals surface area contributed by atoms with Crippen molar-refractivity contribution in [1.82, 2.24) is 4.90 Å². The molecule has 2 fully saturated rings. The minimum Gasteiger partial charge on any atom is -0.454 e. The van der Waals surface area contributed by atoms with Crippen LogP contribution in [-0.2, 0) is 29.3 Å². The normalized spacial score (nSPS) is 21.7. The van der Waals surface area contributed by atoms with Crippen LogP contribution in [0.1, 0.15) is 52.0 Å². The molecule has 1 N–H and O–H groups in total. The molecule has 0 aromatic heterocycles. The fraction of sp³-hybridized carbons (Fsp3) is 0.545. The Kier molecular flexibility index (Phi) is 6.05. The molecule has 0 radical (unpaired) electrons. The summed E-state index contributed by atoms with van der Waals surface area (Å²) in [6.07, 6.45) is 3.24. The summed E-state index contributed by atoms with van der Waals surface area (Å²) in [5.41, 5.74) is 1.76. The van der Waals surface area contributed by atoms with Gasteiger partial charge in [-0.2, -0.15) is 0 Å². The molecular formula is C22H28N2O5. The van der Waals surface area contributed by atoms with E-state index in [1.807, 2.05) is 12.1 Å². The van der Waals surface area contributed by atoms with E-state index in [2.05, 4.69) is 26.1 Å². The lowest BCUT2D eigenvalue weighted by Gasteiger charge is -2.19. The number of rotatable bonds is 5. The van der Waals surface area contributed by atoms with Gasteiger partial charge in [0.25, 0.3) is 5.91 Å². The van der Waals surface area contributed by atoms with E-state index >= 15 is 0 Å². The number of likely N-dealkylation sites (tertiary alicyclic amines) is 1. The maximum Gasteiger partial charge on any atom is 0.326 e. The van der Waals surface area contributed by atoms with Crippen molar-refractivity contribution in [3.05, 3.63) is 29.8 Å². The Morgan fingerprint density at radius 2 is 1.59 bits per heavy atom. The number of hydrogen-bond acceptors (Lipinski definition) is 5. The molecule has 0 bridgehead atoms. The highest BCUT2D eigenvalue weighted by atomic mass is 16.5. The standard InChI is InChI=1S/C22H28N2O5/c1-22(2,3)14-8-10-15(11-9-14)23-18(25)13-29-19(26)12-24-20(27)16-6-4-5-7-17(16)21(24)28/h8-11,16-17H,4-7,12-13H2,1-3H3,(H,23,25)/t16-,17+. The van der Waals surface area contributed by atoms with Gasteiger partial charge in [0.1, 0.15) is 6.54 Å². The minimum atomic E-state index is -0.761. The van der Waals surface area contributed by atoms with E-state index in [1.165, 1.54) is 0 Å². The summed E-state index contributed by atoms with van der Waals surface area (Å²) in [7, 11) is 0. The first-order valence-corrected chi connectivity index (χ1v) is 10.1. The molecule has 1 saturated carbocycles. The Bertz CT molecular complexity index is 785. The van der Waals surface area contributed by atoms with E-state index in [1.54, 1.807) is 12.1 Å². The van der Waals surface area contributed by atoms with Crippen LogP contribution in [0.4, 0.5) is 5.69 Å². The van der Waals surface area contributed by atoms with Crippen molar-refractivity contribution in [3.63, 3.8) is 0 Å².